The van der Waals surface area contributed by atoms with E-state index in [2.05, 4.69) is 14.9 Å². The Morgan fingerprint density at radius 1 is 1.21 bits per heavy atom. The van der Waals surface area contributed by atoms with Gasteiger partial charge >= 0.3 is 0 Å². The SMILES string of the molecule is O=S(=O)(C1CC1)N1CCC[C@@]2(COCCN(c3cnccn3)C2)C1. The second-order valence-corrected chi connectivity index (χ2v) is 9.43. The summed E-state index contributed by atoms with van der Waals surface area (Å²) in [6.45, 7) is 3.97. The van der Waals surface area contributed by atoms with E-state index >= 15 is 0 Å². The van der Waals surface area contributed by atoms with Gasteiger partial charge in [-0.2, -0.15) is 0 Å². The van der Waals surface area contributed by atoms with Crippen molar-refractivity contribution in [3.63, 3.8) is 0 Å². The molecule has 132 valence electrons. The van der Waals surface area contributed by atoms with Crippen LogP contribution < -0.4 is 4.90 Å². The second kappa shape index (κ2) is 6.24. The number of hydrogen-bond donors (Lipinski definition) is 0. The van der Waals surface area contributed by atoms with Crippen molar-refractivity contribution in [1.82, 2.24) is 14.3 Å². The lowest BCUT2D eigenvalue weighted by atomic mass is 9.81. The molecule has 0 radical (unpaired) electrons. The molecule has 8 heteroatoms. The van der Waals surface area contributed by atoms with Gasteiger partial charge in [0.2, 0.25) is 10.0 Å². The highest BCUT2D eigenvalue weighted by Crippen LogP contribution is 2.38. The average molecular weight is 352 g/mol. The molecule has 1 saturated carbocycles. The fraction of sp³-hybridized carbons (Fsp3) is 0.750. The van der Waals surface area contributed by atoms with Crippen LogP contribution in [0.1, 0.15) is 25.7 Å². The normalized spacial score (nSPS) is 29.6. The summed E-state index contributed by atoms with van der Waals surface area (Å²) in [5.41, 5.74) is -0.159. The smallest absolute Gasteiger partial charge is 0.217 e. The molecule has 24 heavy (non-hydrogen) atoms. The third kappa shape index (κ3) is 3.14. The van der Waals surface area contributed by atoms with Crippen LogP contribution in [0.25, 0.3) is 0 Å². The van der Waals surface area contributed by atoms with Gasteiger partial charge in [-0.3, -0.25) is 4.98 Å². The molecular formula is C16H24N4O3S. The molecule has 4 rings (SSSR count). The predicted octanol–water partition coefficient (Wildman–Crippen LogP) is 0.888. The highest BCUT2D eigenvalue weighted by molar-refractivity contribution is 7.90. The highest BCUT2D eigenvalue weighted by atomic mass is 32.2. The second-order valence-electron chi connectivity index (χ2n) is 7.22. The van der Waals surface area contributed by atoms with Crippen LogP contribution in [0.3, 0.4) is 0 Å². The van der Waals surface area contributed by atoms with Crippen molar-refractivity contribution in [3.8, 4) is 0 Å². The molecule has 2 saturated heterocycles. The van der Waals surface area contributed by atoms with Gasteiger partial charge in [-0.1, -0.05) is 0 Å². The van der Waals surface area contributed by atoms with E-state index in [-0.39, 0.29) is 10.7 Å². The molecular weight excluding hydrogens is 328 g/mol. The first kappa shape index (κ1) is 16.2. The number of nitrogens with zero attached hydrogens (tertiary/aromatic N) is 4. The number of sulfonamides is 1. The van der Waals surface area contributed by atoms with Crippen molar-refractivity contribution in [2.24, 2.45) is 5.41 Å². The summed E-state index contributed by atoms with van der Waals surface area (Å²) < 4.78 is 32.9. The number of ether oxygens (including phenoxy) is 1. The van der Waals surface area contributed by atoms with E-state index in [0.29, 0.717) is 26.3 Å². The first-order chi connectivity index (χ1) is 11.6. The van der Waals surface area contributed by atoms with Crippen molar-refractivity contribution in [2.45, 2.75) is 30.9 Å². The number of aromatic nitrogens is 2. The maximum atomic E-state index is 12.7. The summed E-state index contributed by atoms with van der Waals surface area (Å²) in [5, 5.41) is -0.143. The fourth-order valence-electron chi connectivity index (χ4n) is 3.85. The Labute approximate surface area is 143 Å². The first-order valence-electron chi connectivity index (χ1n) is 8.67. The lowest BCUT2D eigenvalue weighted by molar-refractivity contribution is 0.0350. The largest absolute Gasteiger partial charge is 0.379 e. The Bertz CT molecular complexity index is 680. The lowest BCUT2D eigenvalue weighted by Crippen LogP contribution is -2.52. The Kier molecular flexibility index (Phi) is 4.22. The van der Waals surface area contributed by atoms with E-state index in [0.717, 1.165) is 44.6 Å². The van der Waals surface area contributed by atoms with Crippen LogP contribution in [0.2, 0.25) is 0 Å². The number of piperidine rings is 1. The van der Waals surface area contributed by atoms with E-state index in [1.807, 2.05) is 0 Å². The topological polar surface area (TPSA) is 75.6 Å². The number of hydrogen-bond acceptors (Lipinski definition) is 6. The van der Waals surface area contributed by atoms with Crippen molar-refractivity contribution in [1.29, 1.82) is 0 Å². The van der Waals surface area contributed by atoms with Crippen LogP contribution in [0, 0.1) is 5.41 Å². The van der Waals surface area contributed by atoms with Crippen molar-refractivity contribution in [2.75, 3.05) is 44.3 Å². The van der Waals surface area contributed by atoms with E-state index < -0.39 is 10.0 Å². The Morgan fingerprint density at radius 3 is 2.83 bits per heavy atom. The van der Waals surface area contributed by atoms with Gasteiger partial charge < -0.3 is 9.64 Å². The molecule has 2 aliphatic heterocycles. The first-order valence-corrected chi connectivity index (χ1v) is 10.2. The Hall–Kier alpha value is -1.25. The van der Waals surface area contributed by atoms with Gasteiger partial charge in [0.25, 0.3) is 0 Å². The van der Waals surface area contributed by atoms with Crippen molar-refractivity contribution >= 4 is 15.8 Å². The molecule has 3 aliphatic rings. The number of rotatable bonds is 3. The molecule has 0 unspecified atom stereocenters. The molecule has 0 aromatic carbocycles. The molecule has 0 N–H and O–H groups in total. The van der Waals surface area contributed by atoms with Gasteiger partial charge in [0.15, 0.2) is 0 Å². The van der Waals surface area contributed by atoms with Crippen LogP contribution >= 0.6 is 0 Å². The summed E-state index contributed by atoms with van der Waals surface area (Å²) in [6, 6.07) is 0. The molecule has 1 atom stereocenters. The average Bonchev–Trinajstić information content (AvgIpc) is 3.44. The Morgan fingerprint density at radius 2 is 2.08 bits per heavy atom. The summed E-state index contributed by atoms with van der Waals surface area (Å²) in [7, 11) is -3.13. The number of anilines is 1. The molecule has 0 amide bonds. The van der Waals surface area contributed by atoms with E-state index in [1.54, 1.807) is 22.9 Å². The van der Waals surface area contributed by atoms with Crippen LogP contribution in [-0.2, 0) is 14.8 Å². The van der Waals surface area contributed by atoms with Crippen LogP contribution in [-0.4, -0.2) is 67.3 Å². The standard InChI is InChI=1S/C16H24N4O3S/c21-24(22,14-2-3-14)20-7-1-4-16(12-20)11-19(8-9-23-13-16)15-10-17-5-6-18-15/h5-6,10,14H,1-4,7-9,11-13H2/t16-/m0/s1. The lowest BCUT2D eigenvalue weighted by Gasteiger charge is -2.43. The van der Waals surface area contributed by atoms with Gasteiger partial charge in [-0.25, -0.2) is 17.7 Å². The fourth-order valence-corrected chi connectivity index (χ4v) is 5.84. The van der Waals surface area contributed by atoms with Gasteiger partial charge in [-0.05, 0) is 25.7 Å². The molecule has 1 aromatic rings. The zero-order chi connectivity index (χ0) is 16.6. The monoisotopic (exact) mass is 352 g/mol. The molecule has 0 bridgehead atoms. The zero-order valence-electron chi connectivity index (χ0n) is 13.8. The third-order valence-corrected chi connectivity index (χ3v) is 7.59. The third-order valence-electron chi connectivity index (χ3n) is 5.25. The van der Waals surface area contributed by atoms with Gasteiger partial charge in [0.1, 0.15) is 5.82 Å². The van der Waals surface area contributed by atoms with E-state index in [1.165, 1.54) is 0 Å². The minimum absolute atomic E-state index is 0.143. The molecule has 1 spiro atoms. The Balaban J connectivity index is 1.56. The zero-order valence-corrected chi connectivity index (χ0v) is 14.6. The minimum atomic E-state index is -3.13. The maximum Gasteiger partial charge on any atom is 0.217 e. The van der Waals surface area contributed by atoms with Crippen molar-refractivity contribution < 1.29 is 13.2 Å². The molecule has 3 fully saturated rings. The summed E-state index contributed by atoms with van der Waals surface area (Å²) >= 11 is 0. The summed E-state index contributed by atoms with van der Waals surface area (Å²) in [4.78, 5) is 10.8. The predicted molar refractivity (Wildman–Crippen MR) is 90.2 cm³/mol. The summed E-state index contributed by atoms with van der Waals surface area (Å²) in [6.07, 6.45) is 8.63. The minimum Gasteiger partial charge on any atom is -0.379 e. The van der Waals surface area contributed by atoms with E-state index in [9.17, 15) is 8.42 Å². The van der Waals surface area contributed by atoms with Gasteiger partial charge in [0.05, 0.1) is 24.7 Å². The molecule has 7 nitrogen and oxygen atoms in total. The molecule has 3 heterocycles. The van der Waals surface area contributed by atoms with Crippen LogP contribution in [0.4, 0.5) is 5.82 Å². The summed E-state index contributed by atoms with van der Waals surface area (Å²) in [5.74, 6) is 0.838. The van der Waals surface area contributed by atoms with Crippen molar-refractivity contribution in [3.05, 3.63) is 18.6 Å². The van der Waals surface area contributed by atoms with Crippen LogP contribution in [0.5, 0.6) is 0 Å². The molecule has 1 aromatic heterocycles. The van der Waals surface area contributed by atoms with Gasteiger partial charge in [0, 0.05) is 44.0 Å². The van der Waals surface area contributed by atoms with E-state index in [4.69, 9.17) is 4.74 Å². The van der Waals surface area contributed by atoms with Gasteiger partial charge in [-0.15, -0.1) is 0 Å². The molecule has 1 aliphatic carbocycles. The maximum absolute atomic E-state index is 12.7. The highest BCUT2D eigenvalue weighted by Gasteiger charge is 2.46. The quantitative estimate of drug-likeness (QED) is 0.804. The van der Waals surface area contributed by atoms with Crippen LogP contribution in [0.15, 0.2) is 18.6 Å².